The molecule has 2 heterocycles. The molecule has 11 heteroatoms. The van der Waals surface area contributed by atoms with Crippen molar-refractivity contribution in [1.29, 1.82) is 0 Å². The van der Waals surface area contributed by atoms with Gasteiger partial charge < -0.3 is 25.3 Å². The van der Waals surface area contributed by atoms with Crippen molar-refractivity contribution in [2.45, 2.75) is 76.4 Å². The van der Waals surface area contributed by atoms with E-state index in [1.165, 1.54) is 6.42 Å². The third-order valence-corrected chi connectivity index (χ3v) is 8.20. The van der Waals surface area contributed by atoms with Crippen molar-refractivity contribution in [1.82, 2.24) is 25.5 Å². The Morgan fingerprint density at radius 2 is 1.85 bits per heavy atom. The van der Waals surface area contributed by atoms with Gasteiger partial charge in [0, 0.05) is 37.9 Å². The summed E-state index contributed by atoms with van der Waals surface area (Å²) in [4.78, 5) is 47.7. The summed E-state index contributed by atoms with van der Waals surface area (Å²) in [5.74, 6) is -0.530. The van der Waals surface area contributed by atoms with E-state index < -0.39 is 12.1 Å². The molecule has 1 saturated heterocycles. The van der Waals surface area contributed by atoms with Crippen molar-refractivity contribution in [2.75, 3.05) is 19.6 Å². The minimum absolute atomic E-state index is 0.0312. The third-order valence-electron chi connectivity index (χ3n) is 7.47. The standard InChI is InChI=1S/C28H37Cl2N5O4/c29-23-9-8-19(15-24(23)30)16-25(34-28(38)32-12-4-5-21-17-31-18-33-21)26(36)35-13-10-20(11-14-35)27(37)39-22-6-2-1-3-7-22/h8-9,15,17-18,20,22,25H,1-7,10-14,16H2,(H,31,33)(H2,32,34,38)/t25-/m1/s1. The highest BCUT2D eigenvalue weighted by molar-refractivity contribution is 6.42. The first-order valence-electron chi connectivity index (χ1n) is 13.8. The minimum Gasteiger partial charge on any atom is -0.462 e. The zero-order valence-electron chi connectivity index (χ0n) is 22.1. The van der Waals surface area contributed by atoms with E-state index in [4.69, 9.17) is 27.9 Å². The van der Waals surface area contributed by atoms with E-state index in [9.17, 15) is 14.4 Å². The van der Waals surface area contributed by atoms with Crippen LogP contribution in [-0.2, 0) is 27.2 Å². The van der Waals surface area contributed by atoms with Crippen LogP contribution in [0.2, 0.25) is 10.0 Å². The van der Waals surface area contributed by atoms with E-state index >= 15 is 0 Å². The number of carbonyl (C=O) groups excluding carboxylic acids is 3. The number of nitrogens with one attached hydrogen (secondary N) is 3. The van der Waals surface area contributed by atoms with Gasteiger partial charge in [-0.25, -0.2) is 9.78 Å². The number of hydrogen-bond donors (Lipinski definition) is 3. The lowest BCUT2D eigenvalue weighted by Gasteiger charge is -2.34. The van der Waals surface area contributed by atoms with Gasteiger partial charge in [0.05, 0.1) is 22.3 Å². The van der Waals surface area contributed by atoms with Crippen LogP contribution in [0, 0.1) is 5.92 Å². The Labute approximate surface area is 239 Å². The van der Waals surface area contributed by atoms with Gasteiger partial charge in [0.1, 0.15) is 12.1 Å². The van der Waals surface area contributed by atoms with Gasteiger partial charge in [-0.15, -0.1) is 0 Å². The fourth-order valence-corrected chi connectivity index (χ4v) is 5.53. The molecule has 0 unspecified atom stereocenters. The molecule has 3 N–H and O–H groups in total. The quantitative estimate of drug-likeness (QED) is 0.280. The number of urea groups is 1. The molecule has 1 aliphatic carbocycles. The van der Waals surface area contributed by atoms with Crippen molar-refractivity contribution in [3.63, 3.8) is 0 Å². The molecule has 9 nitrogen and oxygen atoms in total. The van der Waals surface area contributed by atoms with Crippen molar-refractivity contribution in [3.8, 4) is 0 Å². The highest BCUT2D eigenvalue weighted by Gasteiger charge is 2.33. The number of likely N-dealkylation sites (tertiary alicyclic amines) is 1. The second kappa shape index (κ2) is 14.6. The number of aromatic nitrogens is 2. The molecule has 1 atom stereocenters. The lowest BCUT2D eigenvalue weighted by atomic mass is 9.94. The normalized spacial score (nSPS) is 17.4. The maximum Gasteiger partial charge on any atom is 0.315 e. The summed E-state index contributed by atoms with van der Waals surface area (Å²) in [5, 5.41) is 6.50. The molecule has 212 valence electrons. The summed E-state index contributed by atoms with van der Waals surface area (Å²) in [6.45, 7) is 1.33. The number of carbonyl (C=O) groups is 3. The second-order valence-electron chi connectivity index (χ2n) is 10.4. The fraction of sp³-hybridized carbons (Fsp3) is 0.571. The van der Waals surface area contributed by atoms with Crippen LogP contribution < -0.4 is 10.6 Å². The molecule has 0 radical (unpaired) electrons. The third kappa shape index (κ3) is 8.86. The van der Waals surface area contributed by atoms with Gasteiger partial charge in [0.15, 0.2) is 0 Å². The largest absolute Gasteiger partial charge is 0.462 e. The first kappa shape index (κ1) is 29.2. The molecule has 4 rings (SSSR count). The van der Waals surface area contributed by atoms with Gasteiger partial charge in [-0.05, 0) is 69.1 Å². The number of amides is 3. The lowest BCUT2D eigenvalue weighted by Crippen LogP contribution is -2.54. The van der Waals surface area contributed by atoms with Gasteiger partial charge in [-0.3, -0.25) is 9.59 Å². The molecule has 1 saturated carbocycles. The molecule has 2 aliphatic rings. The summed E-state index contributed by atoms with van der Waals surface area (Å²) < 4.78 is 5.76. The Hall–Kier alpha value is -2.78. The van der Waals surface area contributed by atoms with Crippen LogP contribution in [0.15, 0.2) is 30.7 Å². The number of esters is 1. The van der Waals surface area contributed by atoms with Crippen molar-refractivity contribution < 1.29 is 19.1 Å². The van der Waals surface area contributed by atoms with Gasteiger partial charge in [-0.1, -0.05) is 35.7 Å². The molecular formula is C28H37Cl2N5O4. The number of hydrogen-bond acceptors (Lipinski definition) is 5. The highest BCUT2D eigenvalue weighted by atomic mass is 35.5. The molecule has 0 bridgehead atoms. The highest BCUT2D eigenvalue weighted by Crippen LogP contribution is 2.26. The van der Waals surface area contributed by atoms with Crippen LogP contribution >= 0.6 is 23.2 Å². The number of piperidine rings is 1. The van der Waals surface area contributed by atoms with Crippen LogP contribution in [-0.4, -0.2) is 64.6 Å². The Morgan fingerprint density at radius 1 is 1.08 bits per heavy atom. The summed E-state index contributed by atoms with van der Waals surface area (Å²) in [6, 6.07) is 3.98. The molecule has 3 amide bonds. The van der Waals surface area contributed by atoms with E-state index in [1.54, 1.807) is 35.6 Å². The number of aromatic amines is 1. The van der Waals surface area contributed by atoms with Crippen LogP contribution in [0.1, 0.15) is 62.6 Å². The number of rotatable bonds is 10. The van der Waals surface area contributed by atoms with E-state index in [-0.39, 0.29) is 30.3 Å². The molecule has 1 aromatic carbocycles. The molecule has 2 aromatic rings. The van der Waals surface area contributed by atoms with Crippen LogP contribution in [0.25, 0.3) is 0 Å². The SMILES string of the molecule is O=C(NCCCc1cnc[nH]1)N[C@H](Cc1ccc(Cl)c(Cl)c1)C(=O)N1CCC(C(=O)OC2CCCCC2)CC1. The van der Waals surface area contributed by atoms with Crippen LogP contribution in [0.5, 0.6) is 0 Å². The average molecular weight is 579 g/mol. The van der Waals surface area contributed by atoms with E-state index in [1.807, 2.05) is 0 Å². The molecule has 2 fully saturated rings. The number of imidazole rings is 1. The predicted octanol–water partition coefficient (Wildman–Crippen LogP) is 4.67. The zero-order chi connectivity index (χ0) is 27.6. The van der Waals surface area contributed by atoms with Gasteiger partial charge in [0.25, 0.3) is 0 Å². The smallest absolute Gasteiger partial charge is 0.315 e. The fourth-order valence-electron chi connectivity index (χ4n) is 5.21. The topological polar surface area (TPSA) is 116 Å². The number of halogens is 2. The Balaban J connectivity index is 1.31. The summed E-state index contributed by atoms with van der Waals surface area (Å²) in [5.41, 5.74) is 1.78. The molecule has 1 aliphatic heterocycles. The van der Waals surface area contributed by atoms with Gasteiger partial charge >= 0.3 is 12.0 Å². The van der Waals surface area contributed by atoms with E-state index in [0.717, 1.165) is 49.8 Å². The zero-order valence-corrected chi connectivity index (χ0v) is 23.6. The molecule has 1 aromatic heterocycles. The number of ether oxygens (including phenoxy) is 1. The first-order valence-corrected chi connectivity index (χ1v) is 14.6. The van der Waals surface area contributed by atoms with Crippen molar-refractivity contribution >= 4 is 41.1 Å². The van der Waals surface area contributed by atoms with Gasteiger partial charge in [0.2, 0.25) is 5.91 Å². The van der Waals surface area contributed by atoms with Crippen molar-refractivity contribution in [2.24, 2.45) is 5.92 Å². The Kier molecular flexibility index (Phi) is 10.9. The molecule has 39 heavy (non-hydrogen) atoms. The first-order chi connectivity index (χ1) is 18.9. The number of benzene rings is 1. The van der Waals surface area contributed by atoms with Gasteiger partial charge in [-0.2, -0.15) is 0 Å². The Morgan fingerprint density at radius 3 is 2.54 bits per heavy atom. The lowest BCUT2D eigenvalue weighted by molar-refractivity contribution is -0.158. The second-order valence-corrected chi connectivity index (χ2v) is 11.2. The average Bonchev–Trinajstić information content (AvgIpc) is 3.47. The maximum atomic E-state index is 13.6. The number of H-pyrrole nitrogens is 1. The summed E-state index contributed by atoms with van der Waals surface area (Å²) in [7, 11) is 0. The monoisotopic (exact) mass is 577 g/mol. The van der Waals surface area contributed by atoms with Crippen molar-refractivity contribution in [3.05, 3.63) is 52.0 Å². The number of aryl methyl sites for hydroxylation is 1. The minimum atomic E-state index is -0.791. The Bertz CT molecular complexity index is 1100. The summed E-state index contributed by atoms with van der Waals surface area (Å²) in [6.07, 6.45) is 11.6. The van der Waals surface area contributed by atoms with Crippen LogP contribution in [0.4, 0.5) is 4.79 Å². The molecule has 0 spiro atoms. The van der Waals surface area contributed by atoms with E-state index in [2.05, 4.69) is 20.6 Å². The maximum absolute atomic E-state index is 13.6. The predicted molar refractivity (Wildman–Crippen MR) is 150 cm³/mol. The van der Waals surface area contributed by atoms with Crippen LogP contribution in [0.3, 0.4) is 0 Å². The number of nitrogens with zero attached hydrogens (tertiary/aromatic N) is 2. The summed E-state index contributed by atoms with van der Waals surface area (Å²) >= 11 is 12.3. The molecular weight excluding hydrogens is 541 g/mol. The van der Waals surface area contributed by atoms with E-state index in [0.29, 0.717) is 42.5 Å².